The molecule has 0 atom stereocenters. The predicted octanol–water partition coefficient (Wildman–Crippen LogP) is 2.36. The smallest absolute Gasteiger partial charge is 0.240 e. The van der Waals surface area contributed by atoms with Crippen molar-refractivity contribution in [1.82, 2.24) is 4.72 Å². The van der Waals surface area contributed by atoms with Gasteiger partial charge >= 0.3 is 0 Å². The molecule has 0 fully saturated rings. The summed E-state index contributed by atoms with van der Waals surface area (Å²) in [5.41, 5.74) is 6.03. The van der Waals surface area contributed by atoms with E-state index < -0.39 is 10.0 Å². The highest BCUT2D eigenvalue weighted by Gasteiger charge is 2.18. The fraction of sp³-hybridized carbons (Fsp3) is 0.455. The molecule has 0 amide bonds. The first kappa shape index (κ1) is 14.5. The van der Waals surface area contributed by atoms with E-state index >= 15 is 0 Å². The van der Waals surface area contributed by atoms with Crippen molar-refractivity contribution in [2.45, 2.75) is 25.7 Å². The van der Waals surface area contributed by atoms with Gasteiger partial charge in [0.2, 0.25) is 10.0 Å². The summed E-state index contributed by atoms with van der Waals surface area (Å²) in [7, 11) is -3.47. The molecule has 3 N–H and O–H groups in total. The quantitative estimate of drug-likeness (QED) is 0.840. The van der Waals surface area contributed by atoms with Crippen molar-refractivity contribution in [3.8, 4) is 0 Å². The lowest BCUT2D eigenvalue weighted by atomic mass is 9.98. The molecule has 0 saturated heterocycles. The monoisotopic (exact) mass is 320 g/mol. The zero-order valence-electron chi connectivity index (χ0n) is 10.1. The third-order valence-corrected chi connectivity index (χ3v) is 4.16. The number of nitrogens with one attached hydrogen (secondary N) is 1. The van der Waals surface area contributed by atoms with E-state index in [2.05, 4.69) is 20.7 Å². The lowest BCUT2D eigenvalue weighted by Crippen LogP contribution is -2.32. The predicted molar refractivity (Wildman–Crippen MR) is 73.2 cm³/mol. The Hall–Kier alpha value is -0.590. The van der Waals surface area contributed by atoms with E-state index in [1.807, 2.05) is 20.8 Å². The first-order valence-electron chi connectivity index (χ1n) is 5.16. The van der Waals surface area contributed by atoms with Gasteiger partial charge in [0.1, 0.15) is 0 Å². The molecule has 17 heavy (non-hydrogen) atoms. The Morgan fingerprint density at radius 3 is 2.41 bits per heavy atom. The lowest BCUT2D eigenvalue weighted by molar-refractivity contribution is 0.407. The summed E-state index contributed by atoms with van der Waals surface area (Å²) in [4.78, 5) is 0.211. The SMILES string of the molecule is CC(C)(C)CNS(=O)(=O)c1ccc(N)c(Br)c1. The van der Waals surface area contributed by atoms with E-state index in [4.69, 9.17) is 5.73 Å². The Morgan fingerprint density at radius 2 is 1.94 bits per heavy atom. The van der Waals surface area contributed by atoms with Gasteiger partial charge in [-0.2, -0.15) is 0 Å². The Bertz CT molecular complexity index is 507. The van der Waals surface area contributed by atoms with Gasteiger partial charge in [0.25, 0.3) is 0 Å². The zero-order chi connectivity index (χ0) is 13.3. The van der Waals surface area contributed by atoms with Crippen molar-refractivity contribution in [3.63, 3.8) is 0 Å². The van der Waals surface area contributed by atoms with E-state index in [0.29, 0.717) is 16.7 Å². The Morgan fingerprint density at radius 1 is 1.35 bits per heavy atom. The number of nitrogen functional groups attached to an aromatic ring is 1. The van der Waals surface area contributed by atoms with Crippen molar-refractivity contribution < 1.29 is 8.42 Å². The normalized spacial score (nSPS) is 12.7. The van der Waals surface area contributed by atoms with Crippen LogP contribution in [0.5, 0.6) is 0 Å². The Balaban J connectivity index is 2.94. The molecular weight excluding hydrogens is 304 g/mol. The molecular formula is C11H17BrN2O2S. The molecule has 0 bridgehead atoms. The molecule has 1 aromatic rings. The van der Waals surface area contributed by atoms with E-state index in [1.165, 1.54) is 12.1 Å². The van der Waals surface area contributed by atoms with Crippen molar-refractivity contribution in [2.24, 2.45) is 5.41 Å². The third-order valence-electron chi connectivity index (χ3n) is 2.07. The van der Waals surface area contributed by atoms with Crippen LogP contribution in [-0.4, -0.2) is 15.0 Å². The van der Waals surface area contributed by atoms with Crippen molar-refractivity contribution >= 4 is 31.6 Å². The number of benzene rings is 1. The summed E-state index contributed by atoms with van der Waals surface area (Å²) in [6.45, 7) is 6.29. The summed E-state index contributed by atoms with van der Waals surface area (Å²) < 4.78 is 27.1. The molecule has 1 aromatic carbocycles. The number of sulfonamides is 1. The largest absolute Gasteiger partial charge is 0.398 e. The fourth-order valence-corrected chi connectivity index (χ4v) is 2.91. The number of hydrogen-bond acceptors (Lipinski definition) is 3. The second kappa shape index (κ2) is 4.96. The Kier molecular flexibility index (Phi) is 4.22. The lowest BCUT2D eigenvalue weighted by Gasteiger charge is -2.18. The van der Waals surface area contributed by atoms with Gasteiger partial charge < -0.3 is 5.73 Å². The van der Waals surface area contributed by atoms with Gasteiger partial charge in [0, 0.05) is 16.7 Å². The van der Waals surface area contributed by atoms with Crippen LogP contribution in [0.3, 0.4) is 0 Å². The molecule has 0 radical (unpaired) electrons. The average Bonchev–Trinajstić information content (AvgIpc) is 2.18. The van der Waals surface area contributed by atoms with E-state index in [9.17, 15) is 8.42 Å². The van der Waals surface area contributed by atoms with Gasteiger partial charge in [0.05, 0.1) is 4.90 Å². The van der Waals surface area contributed by atoms with Gasteiger partial charge in [0.15, 0.2) is 0 Å². The van der Waals surface area contributed by atoms with Crippen molar-refractivity contribution in [1.29, 1.82) is 0 Å². The molecule has 0 heterocycles. The highest BCUT2D eigenvalue weighted by atomic mass is 79.9. The minimum Gasteiger partial charge on any atom is -0.398 e. The van der Waals surface area contributed by atoms with Gasteiger partial charge in [-0.05, 0) is 39.5 Å². The van der Waals surface area contributed by atoms with Crippen LogP contribution in [0.1, 0.15) is 20.8 Å². The molecule has 0 aliphatic rings. The van der Waals surface area contributed by atoms with Crippen molar-refractivity contribution in [2.75, 3.05) is 12.3 Å². The number of halogens is 1. The van der Waals surface area contributed by atoms with Crippen LogP contribution in [-0.2, 0) is 10.0 Å². The van der Waals surface area contributed by atoms with Crippen LogP contribution in [0.15, 0.2) is 27.6 Å². The van der Waals surface area contributed by atoms with Gasteiger partial charge in [-0.1, -0.05) is 20.8 Å². The van der Waals surface area contributed by atoms with Crippen molar-refractivity contribution in [3.05, 3.63) is 22.7 Å². The fourth-order valence-electron chi connectivity index (χ4n) is 1.07. The Labute approximate surface area is 111 Å². The summed E-state index contributed by atoms with van der Waals surface area (Å²) in [6.07, 6.45) is 0. The highest BCUT2D eigenvalue weighted by molar-refractivity contribution is 9.10. The second-order valence-electron chi connectivity index (χ2n) is 5.07. The minimum atomic E-state index is -3.47. The number of anilines is 1. The van der Waals surface area contributed by atoms with E-state index in [-0.39, 0.29) is 10.3 Å². The molecule has 4 nitrogen and oxygen atoms in total. The van der Waals surface area contributed by atoms with Gasteiger partial charge in [-0.3, -0.25) is 0 Å². The summed E-state index contributed by atoms with van der Waals surface area (Å²) in [5, 5.41) is 0. The maximum Gasteiger partial charge on any atom is 0.240 e. The summed E-state index contributed by atoms with van der Waals surface area (Å²) in [6, 6.07) is 4.56. The van der Waals surface area contributed by atoms with Crippen LogP contribution < -0.4 is 10.5 Å². The van der Waals surface area contributed by atoms with E-state index in [1.54, 1.807) is 6.07 Å². The maximum atomic E-state index is 12.0. The van der Waals surface area contributed by atoms with Crippen LogP contribution in [0.2, 0.25) is 0 Å². The average molecular weight is 321 g/mol. The minimum absolute atomic E-state index is 0.0991. The topological polar surface area (TPSA) is 72.2 Å². The third kappa shape index (κ3) is 4.29. The van der Waals surface area contributed by atoms with Gasteiger partial charge in [-0.25, -0.2) is 13.1 Å². The number of nitrogens with two attached hydrogens (primary N) is 1. The van der Waals surface area contributed by atoms with Crippen LogP contribution in [0.25, 0.3) is 0 Å². The molecule has 0 unspecified atom stereocenters. The molecule has 0 spiro atoms. The van der Waals surface area contributed by atoms with Crippen LogP contribution >= 0.6 is 15.9 Å². The first-order valence-corrected chi connectivity index (χ1v) is 7.44. The molecule has 0 aliphatic heterocycles. The number of rotatable bonds is 3. The summed E-state index contributed by atoms with van der Waals surface area (Å²) in [5.74, 6) is 0. The maximum absolute atomic E-state index is 12.0. The van der Waals surface area contributed by atoms with E-state index in [0.717, 1.165) is 0 Å². The molecule has 6 heteroatoms. The van der Waals surface area contributed by atoms with Crippen LogP contribution in [0.4, 0.5) is 5.69 Å². The molecule has 0 aromatic heterocycles. The molecule has 96 valence electrons. The zero-order valence-corrected chi connectivity index (χ0v) is 12.5. The molecule has 0 aliphatic carbocycles. The highest BCUT2D eigenvalue weighted by Crippen LogP contribution is 2.23. The second-order valence-corrected chi connectivity index (χ2v) is 7.69. The van der Waals surface area contributed by atoms with Gasteiger partial charge in [-0.15, -0.1) is 0 Å². The first-order chi connectivity index (χ1) is 7.62. The van der Waals surface area contributed by atoms with Crippen LogP contribution in [0, 0.1) is 5.41 Å². The molecule has 0 saturated carbocycles. The molecule has 1 rings (SSSR count). The number of hydrogen-bond donors (Lipinski definition) is 2. The standard InChI is InChI=1S/C11H17BrN2O2S/c1-11(2,3)7-14-17(15,16)8-4-5-10(13)9(12)6-8/h4-6,14H,7,13H2,1-3H3. The summed E-state index contributed by atoms with van der Waals surface area (Å²) >= 11 is 3.21.